The van der Waals surface area contributed by atoms with Crippen molar-refractivity contribution in [3.8, 4) is 22.3 Å². The van der Waals surface area contributed by atoms with Crippen LogP contribution < -0.4 is 4.90 Å². The van der Waals surface area contributed by atoms with Crippen LogP contribution in [0.25, 0.3) is 43.8 Å². The van der Waals surface area contributed by atoms with E-state index >= 15 is 0 Å². The number of benzene rings is 9. The monoisotopic (exact) mass is 727 g/mol. The Labute approximate surface area is 334 Å². The van der Waals surface area contributed by atoms with Gasteiger partial charge in [0.15, 0.2) is 0 Å². The largest absolute Gasteiger partial charge is 0.310 e. The maximum absolute atomic E-state index is 2.55. The second kappa shape index (κ2) is 12.4. The minimum absolute atomic E-state index is 0.0720. The summed E-state index contributed by atoms with van der Waals surface area (Å²) in [7, 11) is 0. The van der Waals surface area contributed by atoms with Gasteiger partial charge in [0.05, 0.1) is 5.41 Å². The minimum Gasteiger partial charge on any atom is -0.310 e. The molecule has 0 N–H and O–H groups in total. The zero-order chi connectivity index (χ0) is 37.6. The first kappa shape index (κ1) is 32.5. The van der Waals surface area contributed by atoms with Crippen LogP contribution in [0.3, 0.4) is 0 Å². The minimum atomic E-state index is -0.483. The molecule has 0 unspecified atom stereocenters. The maximum Gasteiger partial charge on any atom is 0.0714 e. The fraction of sp³-hybridized carbons (Fsp3) is 0.107. The van der Waals surface area contributed by atoms with E-state index in [2.05, 4.69) is 205 Å². The quantitative estimate of drug-likeness (QED) is 0.160. The van der Waals surface area contributed by atoms with Gasteiger partial charge in [0.25, 0.3) is 0 Å². The molecule has 12 rings (SSSR count). The van der Waals surface area contributed by atoms with Crippen LogP contribution in [0, 0.1) is 0 Å². The zero-order valence-electron chi connectivity index (χ0n) is 31.8. The van der Waals surface area contributed by atoms with Gasteiger partial charge in [-0.05, 0) is 126 Å². The molecule has 0 saturated heterocycles. The van der Waals surface area contributed by atoms with E-state index in [9.17, 15) is 0 Å². The molecule has 3 aliphatic carbocycles. The predicted molar refractivity (Wildman–Crippen MR) is 238 cm³/mol. The fourth-order valence-corrected chi connectivity index (χ4v) is 11.2. The first-order valence-corrected chi connectivity index (χ1v) is 20.6. The number of anilines is 3. The molecule has 0 radical (unpaired) electrons. The number of hydrogen-bond donors (Lipinski definition) is 0. The van der Waals surface area contributed by atoms with Gasteiger partial charge < -0.3 is 4.90 Å². The summed E-state index contributed by atoms with van der Waals surface area (Å²) in [6.45, 7) is 0. The lowest BCUT2D eigenvalue weighted by Crippen LogP contribution is -2.28. The van der Waals surface area contributed by atoms with E-state index in [1.54, 1.807) is 0 Å². The number of fused-ring (bicyclic) bond motifs is 11. The molecule has 0 bridgehead atoms. The van der Waals surface area contributed by atoms with Crippen LogP contribution in [-0.4, -0.2) is 0 Å². The molecule has 0 heterocycles. The Bertz CT molecular complexity index is 2980. The van der Waals surface area contributed by atoms with Crippen LogP contribution in [0.2, 0.25) is 0 Å². The highest BCUT2D eigenvalue weighted by atomic mass is 15.1. The highest BCUT2D eigenvalue weighted by Crippen LogP contribution is 2.59. The van der Waals surface area contributed by atoms with E-state index < -0.39 is 5.41 Å². The summed E-state index contributed by atoms with van der Waals surface area (Å²) in [5.41, 5.74) is 16.7. The van der Waals surface area contributed by atoms with Gasteiger partial charge in [0, 0.05) is 22.5 Å². The van der Waals surface area contributed by atoms with Crippen molar-refractivity contribution >= 4 is 38.6 Å². The normalized spacial score (nSPS) is 15.4. The van der Waals surface area contributed by atoms with Crippen LogP contribution in [-0.2, 0) is 10.8 Å². The van der Waals surface area contributed by atoms with Gasteiger partial charge in [-0.3, -0.25) is 0 Å². The van der Waals surface area contributed by atoms with Gasteiger partial charge in [0.2, 0.25) is 0 Å². The standard InChI is InChI=1S/C56H41N/c1-3-16-40(17-4-1)56(41-18-5-2-6-19-41)52-24-12-10-22-47(52)49-32-30-44(37-54(49)56)57(42-28-27-39-26-25-38-15-7-8-20-45(38)50(39)35-42)43-29-31-48-46-21-9-11-23-51(46)55(53(48)36-43)33-13-14-34-55/h1-12,15-32,35-37H,13-14,33-34H2. The smallest absolute Gasteiger partial charge is 0.0714 e. The first-order chi connectivity index (χ1) is 28.2. The molecule has 9 aromatic rings. The molecule has 1 nitrogen and oxygen atoms in total. The third kappa shape index (κ3) is 4.57. The molecule has 1 fully saturated rings. The van der Waals surface area contributed by atoms with Crippen molar-refractivity contribution in [3.63, 3.8) is 0 Å². The number of nitrogens with zero attached hydrogens (tertiary/aromatic N) is 1. The predicted octanol–water partition coefficient (Wildman–Crippen LogP) is 14.7. The van der Waals surface area contributed by atoms with Gasteiger partial charge in [-0.1, -0.05) is 177 Å². The van der Waals surface area contributed by atoms with E-state index in [0.29, 0.717) is 0 Å². The summed E-state index contributed by atoms with van der Waals surface area (Å²) in [5.74, 6) is 0. The van der Waals surface area contributed by atoms with Gasteiger partial charge in [-0.2, -0.15) is 0 Å². The van der Waals surface area contributed by atoms with E-state index in [1.807, 2.05) is 0 Å². The summed E-state index contributed by atoms with van der Waals surface area (Å²) in [6, 6.07) is 75.5. The van der Waals surface area contributed by atoms with Crippen LogP contribution in [0.1, 0.15) is 59.1 Å². The van der Waals surface area contributed by atoms with Crippen molar-refractivity contribution in [1.29, 1.82) is 0 Å². The topological polar surface area (TPSA) is 3.24 Å². The van der Waals surface area contributed by atoms with Crippen molar-refractivity contribution in [1.82, 2.24) is 0 Å². The van der Waals surface area contributed by atoms with Gasteiger partial charge in [-0.15, -0.1) is 0 Å². The fourth-order valence-electron chi connectivity index (χ4n) is 11.2. The molecular formula is C56H41N. The summed E-state index contributed by atoms with van der Waals surface area (Å²) < 4.78 is 0. The van der Waals surface area contributed by atoms with E-state index in [-0.39, 0.29) is 5.41 Å². The van der Waals surface area contributed by atoms with Gasteiger partial charge in [0.1, 0.15) is 0 Å². The summed E-state index contributed by atoms with van der Waals surface area (Å²) in [6.07, 6.45) is 4.95. The first-order valence-electron chi connectivity index (χ1n) is 20.6. The lowest BCUT2D eigenvalue weighted by atomic mass is 9.67. The molecule has 0 amide bonds. The molecule has 1 heteroatoms. The lowest BCUT2D eigenvalue weighted by molar-refractivity contribution is 0.550. The summed E-state index contributed by atoms with van der Waals surface area (Å²) in [5, 5.41) is 5.07. The molecular weight excluding hydrogens is 687 g/mol. The van der Waals surface area contributed by atoms with Crippen molar-refractivity contribution in [2.45, 2.75) is 36.5 Å². The molecule has 1 spiro atoms. The molecule has 0 aliphatic heterocycles. The number of rotatable bonds is 5. The van der Waals surface area contributed by atoms with Crippen molar-refractivity contribution in [2.24, 2.45) is 0 Å². The third-order valence-corrected chi connectivity index (χ3v) is 13.7. The lowest BCUT2D eigenvalue weighted by Gasteiger charge is -2.35. The van der Waals surface area contributed by atoms with Gasteiger partial charge >= 0.3 is 0 Å². The van der Waals surface area contributed by atoms with Crippen LogP contribution in [0.15, 0.2) is 200 Å². The molecule has 3 aliphatic rings. The SMILES string of the molecule is c1ccc(C2(c3ccccc3)c3ccccc3-c3ccc(N(c4ccc5c(c4)C4(CCCC4)c4ccccc4-5)c4ccc5ccc6ccccc6c5c4)cc32)cc1. The second-order valence-electron chi connectivity index (χ2n) is 16.3. The second-order valence-corrected chi connectivity index (χ2v) is 16.3. The molecule has 270 valence electrons. The third-order valence-electron chi connectivity index (χ3n) is 13.7. The average Bonchev–Trinajstić information content (AvgIpc) is 3.97. The van der Waals surface area contributed by atoms with Crippen molar-refractivity contribution < 1.29 is 0 Å². The molecule has 0 atom stereocenters. The summed E-state index contributed by atoms with van der Waals surface area (Å²) >= 11 is 0. The van der Waals surface area contributed by atoms with Crippen LogP contribution >= 0.6 is 0 Å². The highest BCUT2D eigenvalue weighted by Gasteiger charge is 2.47. The van der Waals surface area contributed by atoms with Crippen molar-refractivity contribution in [3.05, 3.63) is 234 Å². The molecule has 9 aromatic carbocycles. The zero-order valence-corrected chi connectivity index (χ0v) is 31.8. The molecule has 1 saturated carbocycles. The molecule has 57 heavy (non-hydrogen) atoms. The molecule has 0 aromatic heterocycles. The van der Waals surface area contributed by atoms with Crippen LogP contribution in [0.4, 0.5) is 17.1 Å². The summed E-state index contributed by atoms with van der Waals surface area (Å²) in [4.78, 5) is 2.54. The van der Waals surface area contributed by atoms with Gasteiger partial charge in [-0.25, -0.2) is 0 Å². The van der Waals surface area contributed by atoms with E-state index in [0.717, 1.165) is 11.4 Å². The van der Waals surface area contributed by atoms with Crippen molar-refractivity contribution in [2.75, 3.05) is 4.90 Å². The Morgan fingerprint density at radius 3 is 1.51 bits per heavy atom. The average molecular weight is 728 g/mol. The Hall–Kier alpha value is -6.70. The Morgan fingerprint density at radius 2 is 0.807 bits per heavy atom. The van der Waals surface area contributed by atoms with Crippen LogP contribution in [0.5, 0.6) is 0 Å². The number of hydrogen-bond acceptors (Lipinski definition) is 1. The van der Waals surface area contributed by atoms with E-state index in [4.69, 9.17) is 0 Å². The Balaban J connectivity index is 1.14. The Kier molecular flexibility index (Phi) is 7.08. The van der Waals surface area contributed by atoms with E-state index in [1.165, 1.54) is 109 Å². The highest BCUT2D eigenvalue weighted by molar-refractivity contribution is 6.09. The Morgan fingerprint density at radius 1 is 0.333 bits per heavy atom. The maximum atomic E-state index is 2.55.